The summed E-state index contributed by atoms with van der Waals surface area (Å²) >= 11 is 2.19. The number of hydrogen-bond donors (Lipinski definition) is 1. The van der Waals surface area contributed by atoms with E-state index >= 15 is 0 Å². The zero-order chi connectivity index (χ0) is 8.32. The molecule has 0 aromatic heterocycles. The molecule has 0 aromatic rings. The predicted molar refractivity (Wildman–Crippen MR) is 54.5 cm³/mol. The molecular formula is C6H12INO2S. The number of hydrogen-bond acceptors (Lipinski definition) is 4. The van der Waals surface area contributed by atoms with Crippen LogP contribution in [0.2, 0.25) is 0 Å². The molecule has 3 nitrogen and oxygen atoms in total. The molecule has 0 aliphatic carbocycles. The van der Waals surface area contributed by atoms with Gasteiger partial charge < -0.3 is 9.47 Å². The first-order valence-corrected chi connectivity index (χ1v) is 6.82. The van der Waals surface area contributed by atoms with Crippen molar-refractivity contribution >= 4 is 30.3 Å². The minimum atomic E-state index is -0.387. The minimum Gasteiger partial charge on any atom is -0.348 e. The number of halogens is 1. The molecule has 66 valence electrons. The second-order valence-corrected chi connectivity index (χ2v) is 4.64. The largest absolute Gasteiger partial charge is 0.348 e. The first kappa shape index (κ1) is 10.0. The number of rotatable bonds is 3. The first-order valence-electron chi connectivity index (χ1n) is 3.46. The highest BCUT2D eigenvalue weighted by Gasteiger charge is 2.32. The van der Waals surface area contributed by atoms with Crippen molar-refractivity contribution in [1.29, 1.82) is 0 Å². The molecule has 1 rings (SSSR count). The van der Waals surface area contributed by atoms with E-state index in [1.807, 2.05) is 13.8 Å². The molecule has 0 saturated carbocycles. The molecule has 1 unspecified atom stereocenters. The van der Waals surface area contributed by atoms with E-state index in [0.717, 1.165) is 6.54 Å². The molecular weight excluding hydrogens is 277 g/mol. The fraction of sp³-hybridized carbons (Fsp3) is 1.00. The first-order chi connectivity index (χ1) is 5.14. The third kappa shape index (κ3) is 3.45. The summed E-state index contributed by atoms with van der Waals surface area (Å²) in [6, 6.07) is 0. The molecule has 1 saturated heterocycles. The highest BCUT2D eigenvalue weighted by Crippen LogP contribution is 2.22. The van der Waals surface area contributed by atoms with Gasteiger partial charge in [-0.05, 0) is 23.0 Å². The van der Waals surface area contributed by atoms with E-state index in [1.165, 1.54) is 0 Å². The van der Waals surface area contributed by atoms with Gasteiger partial charge >= 0.3 is 0 Å². The Morgan fingerprint density at radius 1 is 1.73 bits per heavy atom. The Bertz CT molecular complexity index is 134. The molecule has 1 heterocycles. The second kappa shape index (κ2) is 4.27. The third-order valence-corrected chi connectivity index (χ3v) is 2.64. The molecule has 1 fully saturated rings. The van der Waals surface area contributed by atoms with E-state index in [4.69, 9.17) is 9.47 Å². The summed E-state index contributed by atoms with van der Waals surface area (Å²) in [5, 5.41) is 0. The van der Waals surface area contributed by atoms with Crippen LogP contribution >= 0.6 is 30.3 Å². The van der Waals surface area contributed by atoms with Crippen molar-refractivity contribution < 1.29 is 9.47 Å². The predicted octanol–water partition coefficient (Wildman–Crippen LogP) is 1.73. The molecule has 0 amide bonds. The van der Waals surface area contributed by atoms with Crippen LogP contribution < -0.4 is 4.72 Å². The van der Waals surface area contributed by atoms with Crippen molar-refractivity contribution in [2.45, 2.75) is 25.7 Å². The average molecular weight is 289 g/mol. The van der Waals surface area contributed by atoms with Crippen molar-refractivity contribution in [3.8, 4) is 0 Å². The average Bonchev–Trinajstić information content (AvgIpc) is 2.26. The Hall–Kier alpha value is 0.960. The summed E-state index contributed by atoms with van der Waals surface area (Å²) in [4.78, 5) is 0. The minimum absolute atomic E-state index is 0.201. The van der Waals surface area contributed by atoms with Gasteiger partial charge in [0.1, 0.15) is 0 Å². The molecule has 0 radical (unpaired) electrons. The standard InChI is InChI=1S/C6H12INO2S/c1-6(2)9-4-5(10-6)3-8-11-7/h5,8H,3-4H2,1-2H3. The van der Waals surface area contributed by atoms with Gasteiger partial charge in [0.2, 0.25) is 0 Å². The summed E-state index contributed by atoms with van der Waals surface area (Å²) in [5.74, 6) is -0.387. The zero-order valence-corrected chi connectivity index (χ0v) is 9.57. The normalized spacial score (nSPS) is 29.2. The van der Waals surface area contributed by atoms with E-state index in [0.29, 0.717) is 6.61 Å². The lowest BCUT2D eigenvalue weighted by Gasteiger charge is -2.16. The highest BCUT2D eigenvalue weighted by molar-refractivity contribution is 14.2. The summed E-state index contributed by atoms with van der Waals surface area (Å²) in [6.45, 7) is 5.41. The van der Waals surface area contributed by atoms with Crippen molar-refractivity contribution in [1.82, 2.24) is 4.72 Å². The Morgan fingerprint density at radius 3 is 2.91 bits per heavy atom. The van der Waals surface area contributed by atoms with Gasteiger partial charge in [-0.25, -0.2) is 0 Å². The molecule has 1 N–H and O–H groups in total. The highest BCUT2D eigenvalue weighted by atomic mass is 127. The Morgan fingerprint density at radius 2 is 2.45 bits per heavy atom. The molecule has 5 heteroatoms. The van der Waals surface area contributed by atoms with E-state index in [1.54, 1.807) is 9.12 Å². The zero-order valence-electron chi connectivity index (χ0n) is 6.59. The van der Waals surface area contributed by atoms with Crippen LogP contribution in [0.15, 0.2) is 0 Å². The van der Waals surface area contributed by atoms with Gasteiger partial charge in [0.15, 0.2) is 5.79 Å². The quantitative estimate of drug-likeness (QED) is 0.633. The van der Waals surface area contributed by atoms with Crippen molar-refractivity contribution in [2.75, 3.05) is 13.2 Å². The van der Waals surface area contributed by atoms with Crippen LogP contribution in [0.3, 0.4) is 0 Å². The van der Waals surface area contributed by atoms with Crippen LogP contribution in [0.5, 0.6) is 0 Å². The topological polar surface area (TPSA) is 30.5 Å². The molecule has 0 aromatic carbocycles. The lowest BCUT2D eigenvalue weighted by atomic mass is 10.4. The smallest absolute Gasteiger partial charge is 0.163 e. The SMILES string of the molecule is CC1(C)OCC(CNSI)O1. The number of ether oxygens (including phenoxy) is 2. The van der Waals surface area contributed by atoms with Crippen molar-refractivity contribution in [3.63, 3.8) is 0 Å². The maximum atomic E-state index is 5.55. The molecule has 0 spiro atoms. The van der Waals surface area contributed by atoms with Crippen LogP contribution in [-0.2, 0) is 9.47 Å². The van der Waals surface area contributed by atoms with E-state index in [9.17, 15) is 0 Å². The van der Waals surface area contributed by atoms with Gasteiger partial charge in [0, 0.05) is 27.8 Å². The third-order valence-electron chi connectivity index (χ3n) is 1.43. The summed E-state index contributed by atoms with van der Waals surface area (Å²) in [7, 11) is 1.57. The summed E-state index contributed by atoms with van der Waals surface area (Å²) < 4.78 is 14.1. The Kier molecular flexibility index (Phi) is 3.90. The van der Waals surface area contributed by atoms with Gasteiger partial charge in [-0.3, -0.25) is 4.72 Å². The Balaban J connectivity index is 2.20. The fourth-order valence-electron chi connectivity index (χ4n) is 0.988. The maximum Gasteiger partial charge on any atom is 0.163 e. The molecule has 0 bridgehead atoms. The van der Waals surface area contributed by atoms with Crippen LogP contribution in [0.4, 0.5) is 0 Å². The van der Waals surface area contributed by atoms with Gasteiger partial charge in [-0.2, -0.15) is 0 Å². The monoisotopic (exact) mass is 289 g/mol. The summed E-state index contributed by atoms with van der Waals surface area (Å²) in [6.07, 6.45) is 0.201. The van der Waals surface area contributed by atoms with Gasteiger partial charge in [-0.1, -0.05) is 0 Å². The molecule has 1 aliphatic heterocycles. The van der Waals surface area contributed by atoms with Gasteiger partial charge in [0.05, 0.1) is 12.7 Å². The second-order valence-electron chi connectivity index (χ2n) is 2.88. The van der Waals surface area contributed by atoms with Crippen LogP contribution in [0.1, 0.15) is 13.8 Å². The van der Waals surface area contributed by atoms with Crippen molar-refractivity contribution in [3.05, 3.63) is 0 Å². The number of nitrogens with one attached hydrogen (secondary N) is 1. The van der Waals surface area contributed by atoms with Crippen LogP contribution in [0.25, 0.3) is 0 Å². The maximum absolute atomic E-state index is 5.55. The van der Waals surface area contributed by atoms with E-state index in [2.05, 4.69) is 25.9 Å². The van der Waals surface area contributed by atoms with Crippen LogP contribution in [0, 0.1) is 0 Å². The lowest BCUT2D eigenvalue weighted by Crippen LogP contribution is -2.26. The fourth-order valence-corrected chi connectivity index (χ4v) is 1.78. The van der Waals surface area contributed by atoms with Crippen LogP contribution in [-0.4, -0.2) is 25.0 Å². The summed E-state index contributed by atoms with van der Waals surface area (Å²) in [5.41, 5.74) is 0. The van der Waals surface area contributed by atoms with Gasteiger partial charge in [0.25, 0.3) is 0 Å². The molecule has 1 atom stereocenters. The lowest BCUT2D eigenvalue weighted by molar-refractivity contribution is -0.137. The Labute approximate surface area is 83.3 Å². The molecule has 11 heavy (non-hydrogen) atoms. The van der Waals surface area contributed by atoms with E-state index in [-0.39, 0.29) is 11.9 Å². The van der Waals surface area contributed by atoms with E-state index < -0.39 is 0 Å². The molecule has 1 aliphatic rings. The van der Waals surface area contributed by atoms with Gasteiger partial charge in [-0.15, -0.1) is 0 Å². The van der Waals surface area contributed by atoms with Crippen molar-refractivity contribution in [2.24, 2.45) is 0 Å².